The topological polar surface area (TPSA) is 21.3 Å². The summed E-state index contributed by atoms with van der Waals surface area (Å²) in [4.78, 5) is 0. The number of ether oxygens (including phenoxy) is 1. The fraction of sp³-hybridized carbons (Fsp3) is 0.667. The maximum absolute atomic E-state index is 4.83. The van der Waals surface area contributed by atoms with Gasteiger partial charge in [-0.25, -0.2) is 0 Å². The molecule has 0 aromatic carbocycles. The zero-order chi connectivity index (χ0) is 6.24. The van der Waals surface area contributed by atoms with E-state index in [4.69, 9.17) is 4.74 Å². The highest BCUT2D eigenvalue weighted by Gasteiger charge is 1.83. The minimum absolute atomic E-state index is 0. The predicted molar refractivity (Wildman–Crippen MR) is 36.6 cm³/mol. The minimum Gasteiger partial charge on any atom is -0.498 e. The first-order valence-electron chi connectivity index (χ1n) is 3.00. The lowest BCUT2D eigenvalue weighted by Gasteiger charge is -2.05. The van der Waals surface area contributed by atoms with Gasteiger partial charge in [-0.1, -0.05) is 13.8 Å². The molecule has 0 fully saturated rings. The maximum Gasteiger partial charge on any atom is 0.105 e. The van der Waals surface area contributed by atoms with Gasteiger partial charge in [0.15, 0.2) is 0 Å². The molecule has 0 spiro atoms. The van der Waals surface area contributed by atoms with Crippen LogP contribution in [0.4, 0.5) is 0 Å². The molecular weight excluding hydrogens is 102 g/mol. The van der Waals surface area contributed by atoms with Gasteiger partial charge in [0.05, 0.1) is 6.26 Å². The summed E-state index contributed by atoms with van der Waals surface area (Å²) in [5, 5.41) is 2.98. The van der Waals surface area contributed by atoms with E-state index in [1.54, 1.807) is 12.5 Å². The molecule has 0 amide bonds. The van der Waals surface area contributed by atoms with Crippen LogP contribution in [-0.4, -0.2) is 13.2 Å². The summed E-state index contributed by atoms with van der Waals surface area (Å²) in [5.74, 6) is 0. The Bertz CT molecular complexity index is 58.1. The molecule has 2 heteroatoms. The second-order valence-corrected chi connectivity index (χ2v) is 1.13. The van der Waals surface area contributed by atoms with Crippen molar-refractivity contribution in [2.75, 3.05) is 13.2 Å². The molecule has 1 heterocycles. The smallest absolute Gasteiger partial charge is 0.105 e. The van der Waals surface area contributed by atoms with Gasteiger partial charge in [-0.05, 0) is 0 Å². The molecule has 1 aliphatic rings. The van der Waals surface area contributed by atoms with Gasteiger partial charge in [-0.2, -0.15) is 0 Å². The largest absolute Gasteiger partial charge is 0.498 e. The number of hydrogen-bond acceptors (Lipinski definition) is 2. The zero-order valence-electron chi connectivity index (χ0n) is 5.48. The lowest BCUT2D eigenvalue weighted by Crippen LogP contribution is -2.16. The van der Waals surface area contributed by atoms with E-state index in [2.05, 4.69) is 5.32 Å². The summed E-state index contributed by atoms with van der Waals surface area (Å²) >= 11 is 0. The third kappa shape index (κ3) is 3.53. The quantitative estimate of drug-likeness (QED) is 0.517. The standard InChI is InChI=1S/C4H7NO.C2H6.H2/c1-3-6-4-2-5-1;1-2;/h1,3,5H,2,4H2;1-2H3;1H. The molecule has 1 rings (SSSR count). The van der Waals surface area contributed by atoms with Crippen molar-refractivity contribution >= 4 is 0 Å². The minimum atomic E-state index is 0. The van der Waals surface area contributed by atoms with Crippen LogP contribution >= 0.6 is 0 Å². The Balaban J connectivity index is 0. The monoisotopic (exact) mass is 117 g/mol. The van der Waals surface area contributed by atoms with Crippen molar-refractivity contribution in [3.05, 3.63) is 12.5 Å². The predicted octanol–water partition coefficient (Wildman–Crippen LogP) is 1.35. The molecule has 0 aliphatic carbocycles. The molecule has 0 aromatic rings. The summed E-state index contributed by atoms with van der Waals surface area (Å²) in [5.41, 5.74) is 0. The lowest BCUT2D eigenvalue weighted by molar-refractivity contribution is 0.236. The van der Waals surface area contributed by atoms with Gasteiger partial charge in [0, 0.05) is 14.2 Å². The lowest BCUT2D eigenvalue weighted by atomic mass is 10.6. The van der Waals surface area contributed by atoms with Crippen LogP contribution in [-0.2, 0) is 4.74 Å². The second kappa shape index (κ2) is 6.34. The number of hydrogen-bond donors (Lipinski definition) is 1. The van der Waals surface area contributed by atoms with E-state index in [9.17, 15) is 0 Å². The molecule has 0 aromatic heterocycles. The fourth-order valence-electron chi connectivity index (χ4n) is 0.365. The Kier molecular flexibility index (Phi) is 5.82. The molecule has 0 unspecified atom stereocenters. The summed E-state index contributed by atoms with van der Waals surface area (Å²) in [6.07, 6.45) is 3.45. The molecule has 50 valence electrons. The average molecular weight is 117 g/mol. The van der Waals surface area contributed by atoms with E-state index in [1.807, 2.05) is 13.8 Å². The Morgan fingerprint density at radius 3 is 2.50 bits per heavy atom. The molecule has 0 bridgehead atoms. The summed E-state index contributed by atoms with van der Waals surface area (Å²) in [6, 6.07) is 0. The zero-order valence-corrected chi connectivity index (χ0v) is 5.48. The van der Waals surface area contributed by atoms with Crippen LogP contribution in [0.15, 0.2) is 12.5 Å². The Morgan fingerprint density at radius 1 is 1.62 bits per heavy atom. The van der Waals surface area contributed by atoms with E-state index >= 15 is 0 Å². The summed E-state index contributed by atoms with van der Waals surface area (Å²) in [7, 11) is 0. The molecule has 0 radical (unpaired) electrons. The van der Waals surface area contributed by atoms with Crippen LogP contribution < -0.4 is 5.32 Å². The van der Waals surface area contributed by atoms with Gasteiger partial charge in [0.2, 0.25) is 0 Å². The SMILES string of the molecule is C1=COCCN1.CC.[HH]. The van der Waals surface area contributed by atoms with Crippen LogP contribution in [0.2, 0.25) is 0 Å². The van der Waals surface area contributed by atoms with E-state index in [0.717, 1.165) is 13.2 Å². The summed E-state index contributed by atoms with van der Waals surface area (Å²) in [6.45, 7) is 5.74. The Labute approximate surface area is 52.0 Å². The van der Waals surface area contributed by atoms with Gasteiger partial charge in [-0.15, -0.1) is 0 Å². The van der Waals surface area contributed by atoms with Crippen molar-refractivity contribution in [2.45, 2.75) is 13.8 Å². The van der Waals surface area contributed by atoms with Crippen molar-refractivity contribution in [3.63, 3.8) is 0 Å². The third-order valence-corrected chi connectivity index (χ3v) is 0.646. The molecule has 8 heavy (non-hydrogen) atoms. The van der Waals surface area contributed by atoms with Crippen LogP contribution in [0.5, 0.6) is 0 Å². The van der Waals surface area contributed by atoms with E-state index < -0.39 is 0 Å². The Hall–Kier alpha value is -0.660. The van der Waals surface area contributed by atoms with Crippen molar-refractivity contribution in [2.24, 2.45) is 0 Å². The van der Waals surface area contributed by atoms with Gasteiger partial charge in [-0.3, -0.25) is 0 Å². The molecule has 0 atom stereocenters. The average Bonchev–Trinajstić information content (AvgIpc) is 1.96. The van der Waals surface area contributed by atoms with Crippen molar-refractivity contribution in [1.29, 1.82) is 0 Å². The molecule has 2 nitrogen and oxygen atoms in total. The van der Waals surface area contributed by atoms with Crippen LogP contribution in [0.25, 0.3) is 0 Å². The van der Waals surface area contributed by atoms with Crippen LogP contribution in [0.3, 0.4) is 0 Å². The third-order valence-electron chi connectivity index (χ3n) is 0.646. The number of nitrogens with one attached hydrogen (secondary N) is 1. The molecule has 1 N–H and O–H groups in total. The molecule has 1 aliphatic heterocycles. The first-order valence-corrected chi connectivity index (χ1v) is 3.00. The number of rotatable bonds is 0. The second-order valence-electron chi connectivity index (χ2n) is 1.13. The maximum atomic E-state index is 4.83. The van der Waals surface area contributed by atoms with Crippen LogP contribution in [0.1, 0.15) is 15.3 Å². The van der Waals surface area contributed by atoms with Gasteiger partial charge >= 0.3 is 0 Å². The van der Waals surface area contributed by atoms with Crippen molar-refractivity contribution in [3.8, 4) is 0 Å². The van der Waals surface area contributed by atoms with Gasteiger partial charge < -0.3 is 10.1 Å². The van der Waals surface area contributed by atoms with E-state index in [-0.39, 0.29) is 1.43 Å². The first kappa shape index (κ1) is 7.34. The summed E-state index contributed by atoms with van der Waals surface area (Å²) < 4.78 is 4.83. The van der Waals surface area contributed by atoms with E-state index in [1.165, 1.54) is 0 Å². The first-order chi connectivity index (χ1) is 4.00. The molecule has 0 saturated heterocycles. The van der Waals surface area contributed by atoms with E-state index in [0.29, 0.717) is 0 Å². The fourth-order valence-corrected chi connectivity index (χ4v) is 0.365. The van der Waals surface area contributed by atoms with Crippen molar-refractivity contribution < 1.29 is 6.16 Å². The highest BCUT2D eigenvalue weighted by Crippen LogP contribution is 1.79. The highest BCUT2D eigenvalue weighted by molar-refractivity contribution is 4.74. The Morgan fingerprint density at radius 2 is 2.38 bits per heavy atom. The normalized spacial score (nSPS) is 14.8. The van der Waals surface area contributed by atoms with Crippen molar-refractivity contribution in [1.82, 2.24) is 5.32 Å². The molecule has 0 saturated carbocycles. The molecular formula is C6H15NO. The van der Waals surface area contributed by atoms with Gasteiger partial charge in [0.1, 0.15) is 6.61 Å². The van der Waals surface area contributed by atoms with Gasteiger partial charge in [0.25, 0.3) is 0 Å². The van der Waals surface area contributed by atoms with Crippen LogP contribution in [0, 0.1) is 0 Å². The highest BCUT2D eigenvalue weighted by atomic mass is 16.5.